The first-order chi connectivity index (χ1) is 22.0. The van der Waals surface area contributed by atoms with Crippen molar-refractivity contribution in [2.24, 2.45) is 5.92 Å². The van der Waals surface area contributed by atoms with E-state index in [1.165, 1.54) is 24.3 Å². The highest BCUT2D eigenvalue weighted by Crippen LogP contribution is 2.27. The van der Waals surface area contributed by atoms with Gasteiger partial charge in [-0.05, 0) is 44.0 Å². The van der Waals surface area contributed by atoms with Crippen molar-refractivity contribution in [3.63, 3.8) is 0 Å². The zero-order chi connectivity index (χ0) is 34.2. The smallest absolute Gasteiger partial charge is 0.326 e. The number of aliphatic carboxylic acids is 2. The van der Waals surface area contributed by atoms with Crippen molar-refractivity contribution in [1.29, 1.82) is 0 Å². The van der Waals surface area contributed by atoms with Crippen LogP contribution in [0.1, 0.15) is 80.1 Å². The molecular weight excluding hydrogens is 602 g/mol. The molecule has 0 bridgehead atoms. The molecule has 3 atom stereocenters. The van der Waals surface area contributed by atoms with E-state index < -0.39 is 54.1 Å². The molecule has 15 heteroatoms. The normalized spacial score (nSPS) is 12.6. The van der Waals surface area contributed by atoms with Gasteiger partial charge in [-0.15, -0.1) is 0 Å². The van der Waals surface area contributed by atoms with Crippen molar-refractivity contribution in [1.82, 2.24) is 26.0 Å². The second kappa shape index (κ2) is 18.7. The van der Waals surface area contributed by atoms with Gasteiger partial charge in [0.25, 0.3) is 11.8 Å². The van der Waals surface area contributed by atoms with E-state index in [2.05, 4.69) is 20.9 Å². The lowest BCUT2D eigenvalue weighted by atomic mass is 9.90. The molecule has 4 amide bonds. The van der Waals surface area contributed by atoms with Gasteiger partial charge >= 0.3 is 11.9 Å². The molecule has 0 aliphatic heterocycles. The number of ether oxygens (including phenoxy) is 1. The molecule has 1 heterocycles. The highest BCUT2D eigenvalue weighted by Gasteiger charge is 2.31. The zero-order valence-electron chi connectivity index (χ0n) is 26.0. The molecule has 0 saturated carbocycles. The number of nitrogens with zero attached hydrogens (tertiary/aromatic N) is 2. The fraction of sp³-hybridized carbons (Fsp3) is 0.452. The summed E-state index contributed by atoms with van der Waals surface area (Å²) in [6.07, 6.45) is 2.80. The van der Waals surface area contributed by atoms with Gasteiger partial charge in [-0.25, -0.2) is 14.8 Å². The first-order valence-electron chi connectivity index (χ1n) is 14.9. The van der Waals surface area contributed by atoms with Crippen molar-refractivity contribution in [2.45, 2.75) is 71.4 Å². The summed E-state index contributed by atoms with van der Waals surface area (Å²) >= 11 is 0. The van der Waals surface area contributed by atoms with Gasteiger partial charge in [0, 0.05) is 5.56 Å². The molecule has 0 radical (unpaired) electrons. The van der Waals surface area contributed by atoms with Crippen LogP contribution in [0.15, 0.2) is 36.4 Å². The molecule has 2 aromatic rings. The van der Waals surface area contributed by atoms with Gasteiger partial charge < -0.3 is 30.9 Å². The molecule has 250 valence electrons. The summed E-state index contributed by atoms with van der Waals surface area (Å²) in [5, 5.41) is 36.1. The van der Waals surface area contributed by atoms with Crippen LogP contribution in [-0.4, -0.2) is 86.9 Å². The number of amides is 4. The van der Waals surface area contributed by atoms with Gasteiger partial charge in [-0.3, -0.25) is 29.2 Å². The number of hydroxylamine groups is 2. The third-order valence-electron chi connectivity index (χ3n) is 7.08. The molecule has 3 unspecified atom stereocenters. The van der Waals surface area contributed by atoms with Crippen LogP contribution in [0.4, 0.5) is 0 Å². The summed E-state index contributed by atoms with van der Waals surface area (Å²) in [6, 6.07) is 6.68. The summed E-state index contributed by atoms with van der Waals surface area (Å²) in [4.78, 5) is 76.6. The van der Waals surface area contributed by atoms with E-state index in [0.29, 0.717) is 29.2 Å². The number of carboxylic acid groups (broad SMARTS) is 2. The van der Waals surface area contributed by atoms with Crippen LogP contribution >= 0.6 is 0 Å². The summed E-state index contributed by atoms with van der Waals surface area (Å²) in [6.45, 7) is 5.39. The number of carbonyl (C=O) groups excluding carboxylic acids is 4. The minimum absolute atomic E-state index is 0.0253. The van der Waals surface area contributed by atoms with Gasteiger partial charge in [0.1, 0.15) is 17.5 Å². The molecule has 0 aliphatic carbocycles. The number of nitrogens with one attached hydrogen (secondary N) is 3. The molecule has 0 saturated heterocycles. The minimum atomic E-state index is -1.65. The molecule has 46 heavy (non-hydrogen) atoms. The predicted molar refractivity (Wildman–Crippen MR) is 164 cm³/mol. The maximum absolute atomic E-state index is 13.0. The van der Waals surface area contributed by atoms with Crippen LogP contribution in [0, 0.1) is 5.92 Å². The number of benzene rings is 1. The number of unbranched alkanes of at least 4 members (excludes halogenated alkanes) is 2. The Bertz CT molecular complexity index is 1390. The lowest BCUT2D eigenvalue weighted by Crippen LogP contribution is -2.47. The molecule has 2 rings (SSSR count). The van der Waals surface area contributed by atoms with Crippen LogP contribution in [0.2, 0.25) is 0 Å². The third kappa shape index (κ3) is 10.8. The highest BCUT2D eigenvalue weighted by molar-refractivity contribution is 6.00. The maximum atomic E-state index is 13.0. The van der Waals surface area contributed by atoms with Gasteiger partial charge in [-0.1, -0.05) is 45.2 Å². The van der Waals surface area contributed by atoms with Crippen LogP contribution < -0.4 is 20.7 Å². The van der Waals surface area contributed by atoms with E-state index in [0.717, 1.165) is 19.3 Å². The lowest BCUT2D eigenvalue weighted by molar-refractivity contribution is -0.168. The van der Waals surface area contributed by atoms with Gasteiger partial charge in [0.15, 0.2) is 0 Å². The van der Waals surface area contributed by atoms with Crippen LogP contribution in [0.3, 0.4) is 0 Å². The molecule has 1 aromatic carbocycles. The van der Waals surface area contributed by atoms with E-state index in [-0.39, 0.29) is 36.7 Å². The molecule has 15 nitrogen and oxygen atoms in total. The molecule has 0 aliphatic rings. The Morgan fingerprint density at radius 1 is 1.00 bits per heavy atom. The first-order valence-corrected chi connectivity index (χ1v) is 14.9. The first kappa shape index (κ1) is 37.1. The number of hydrogen-bond acceptors (Lipinski definition) is 9. The highest BCUT2D eigenvalue weighted by atomic mass is 16.5. The molecule has 0 fully saturated rings. The monoisotopic (exact) mass is 643 g/mol. The van der Waals surface area contributed by atoms with Gasteiger partial charge in [-0.2, -0.15) is 0 Å². The SMILES string of the molecule is CCCCCC(C(=O)NCNC(=O)c1cccc(-c2ccc(C(=O)NC(CC(=O)O)C(=O)O)c(OCC)c2)n1)C(CC)N(O)C=O. The fourth-order valence-corrected chi connectivity index (χ4v) is 4.76. The quantitative estimate of drug-likeness (QED) is 0.0404. The molecular formula is C31H41N5O10. The van der Waals surface area contributed by atoms with Crippen LogP contribution in [0.5, 0.6) is 5.75 Å². The van der Waals surface area contributed by atoms with E-state index in [9.17, 15) is 39.1 Å². The van der Waals surface area contributed by atoms with Gasteiger partial charge in [0.2, 0.25) is 12.3 Å². The van der Waals surface area contributed by atoms with E-state index in [4.69, 9.17) is 9.84 Å². The topological polar surface area (TPSA) is 225 Å². The number of hydrogen-bond donors (Lipinski definition) is 6. The van der Waals surface area contributed by atoms with Crippen molar-refractivity contribution in [3.05, 3.63) is 47.7 Å². The second-order valence-corrected chi connectivity index (χ2v) is 10.3. The average molecular weight is 644 g/mol. The number of carbonyl (C=O) groups is 6. The lowest BCUT2D eigenvalue weighted by Gasteiger charge is -2.29. The van der Waals surface area contributed by atoms with Crippen LogP contribution in [-0.2, 0) is 19.2 Å². The largest absolute Gasteiger partial charge is 0.493 e. The molecule has 0 spiro atoms. The van der Waals surface area contributed by atoms with Crippen molar-refractivity contribution < 1.29 is 48.9 Å². The Labute approximate surface area is 266 Å². The standard InChI is InChI=1S/C31H41N5O10/c1-4-7-8-10-20(25(5-2)36(45)18-37)28(40)32-17-33-30(42)23-12-9-11-22(34-23)19-13-14-21(26(15-19)46-6-3)29(41)35-24(31(43)44)16-27(38)39/h9,11-15,18,20,24-25,45H,4-8,10,16-17H2,1-3H3,(H,32,40)(H,33,42)(H,35,41)(H,38,39)(H,43,44). The zero-order valence-corrected chi connectivity index (χ0v) is 26.0. The minimum Gasteiger partial charge on any atom is -0.493 e. The second-order valence-electron chi connectivity index (χ2n) is 10.3. The number of pyridine rings is 1. The maximum Gasteiger partial charge on any atom is 0.326 e. The predicted octanol–water partition coefficient (Wildman–Crippen LogP) is 2.43. The Balaban J connectivity index is 2.17. The van der Waals surface area contributed by atoms with E-state index in [1.54, 1.807) is 26.0 Å². The molecule has 1 aromatic heterocycles. The number of carboxylic acids is 2. The Hall–Kier alpha value is -5.05. The van der Waals surface area contributed by atoms with Crippen molar-refractivity contribution >= 4 is 36.1 Å². The van der Waals surface area contributed by atoms with Crippen LogP contribution in [0.25, 0.3) is 11.3 Å². The molecule has 6 N–H and O–H groups in total. The summed E-state index contributed by atoms with van der Waals surface area (Å²) < 4.78 is 5.58. The Morgan fingerprint density at radius 2 is 1.74 bits per heavy atom. The Kier molecular flexibility index (Phi) is 15.1. The van der Waals surface area contributed by atoms with E-state index in [1.807, 2.05) is 6.92 Å². The number of rotatable bonds is 20. The Morgan fingerprint density at radius 3 is 2.35 bits per heavy atom. The third-order valence-corrected chi connectivity index (χ3v) is 7.08. The van der Waals surface area contributed by atoms with Gasteiger partial charge in [0.05, 0.1) is 42.9 Å². The van der Waals surface area contributed by atoms with E-state index >= 15 is 0 Å². The average Bonchev–Trinajstić information content (AvgIpc) is 3.03. The summed E-state index contributed by atoms with van der Waals surface area (Å²) in [7, 11) is 0. The summed E-state index contributed by atoms with van der Waals surface area (Å²) in [5.74, 6) is -5.34. The van der Waals surface area contributed by atoms with Crippen molar-refractivity contribution in [2.75, 3.05) is 13.3 Å². The van der Waals surface area contributed by atoms with Crippen molar-refractivity contribution in [3.8, 4) is 17.0 Å². The fourth-order valence-electron chi connectivity index (χ4n) is 4.76. The summed E-state index contributed by atoms with van der Waals surface area (Å²) in [5.41, 5.74) is 0.811. The number of aromatic nitrogens is 1.